The van der Waals surface area contributed by atoms with Crippen molar-refractivity contribution in [2.75, 3.05) is 32.7 Å². The number of unbranched alkanes of at least 4 members (excludes halogenated alkanes) is 2. The van der Waals surface area contributed by atoms with E-state index in [1.165, 1.54) is 37.9 Å². The van der Waals surface area contributed by atoms with Gasteiger partial charge in [0.1, 0.15) is 0 Å². The number of pyridine rings is 2. The zero-order valence-corrected chi connectivity index (χ0v) is 17.7. The summed E-state index contributed by atoms with van der Waals surface area (Å²) in [4.78, 5) is 29.2. The van der Waals surface area contributed by atoms with Crippen LogP contribution in [0.5, 0.6) is 0 Å². The van der Waals surface area contributed by atoms with Crippen molar-refractivity contribution in [1.82, 2.24) is 18.9 Å². The van der Waals surface area contributed by atoms with Crippen LogP contribution in [0, 0.1) is 5.92 Å². The van der Waals surface area contributed by atoms with Gasteiger partial charge in [-0.1, -0.05) is 18.6 Å². The molecule has 30 heavy (non-hydrogen) atoms. The fourth-order valence-electron chi connectivity index (χ4n) is 5.72. The van der Waals surface area contributed by atoms with Crippen molar-refractivity contribution in [2.45, 2.75) is 51.2 Å². The molecule has 1 saturated heterocycles. The summed E-state index contributed by atoms with van der Waals surface area (Å²) in [5, 5.41) is 0. The van der Waals surface area contributed by atoms with Crippen LogP contribution in [-0.2, 0) is 19.6 Å². The van der Waals surface area contributed by atoms with Gasteiger partial charge in [0.25, 0.3) is 11.1 Å². The minimum Gasteiger partial charge on any atom is -0.312 e. The van der Waals surface area contributed by atoms with E-state index in [1.54, 1.807) is 12.1 Å². The van der Waals surface area contributed by atoms with E-state index in [0.29, 0.717) is 11.8 Å². The van der Waals surface area contributed by atoms with Gasteiger partial charge >= 0.3 is 0 Å². The molecule has 3 aliphatic heterocycles. The van der Waals surface area contributed by atoms with E-state index < -0.39 is 0 Å². The Hall–Kier alpha value is -2.18. The molecule has 0 saturated carbocycles. The minimum atomic E-state index is 0.131. The van der Waals surface area contributed by atoms with Crippen LogP contribution in [0.4, 0.5) is 0 Å². The molecule has 3 aliphatic rings. The van der Waals surface area contributed by atoms with Crippen LogP contribution in [0.25, 0.3) is 0 Å². The third-order valence-electron chi connectivity index (χ3n) is 7.17. The molecule has 0 N–H and O–H groups in total. The van der Waals surface area contributed by atoms with Gasteiger partial charge in [-0.05, 0) is 50.4 Å². The lowest BCUT2D eigenvalue weighted by Gasteiger charge is -2.42. The summed E-state index contributed by atoms with van der Waals surface area (Å²) in [5.74, 6) is 1.14. The van der Waals surface area contributed by atoms with Crippen LogP contribution >= 0.6 is 0 Å². The maximum absolute atomic E-state index is 12.2. The monoisotopic (exact) mass is 408 g/mol. The zero-order valence-electron chi connectivity index (χ0n) is 17.7. The van der Waals surface area contributed by atoms with Gasteiger partial charge < -0.3 is 14.0 Å². The quantitative estimate of drug-likeness (QED) is 0.687. The lowest BCUT2D eigenvalue weighted by Crippen LogP contribution is -2.47. The number of aromatic nitrogens is 2. The second-order valence-electron chi connectivity index (χ2n) is 9.30. The standard InChI is InChI=1S/C24H32N4O2/c29-23-8-4-6-21-18-25(12-13-27(21)23)10-2-1-3-11-26-15-19-14-20(17-26)22-7-5-9-24(30)28(22)16-19/h4-9,19-20H,1-3,10-18H2/t19-,20+/m0/s1. The van der Waals surface area contributed by atoms with Gasteiger partial charge in [0.05, 0.1) is 0 Å². The van der Waals surface area contributed by atoms with Crippen LogP contribution in [-0.4, -0.2) is 51.7 Å². The molecule has 2 aromatic heterocycles. The van der Waals surface area contributed by atoms with Crippen molar-refractivity contribution >= 4 is 0 Å². The molecular weight excluding hydrogens is 376 g/mol. The second kappa shape index (κ2) is 8.52. The summed E-state index contributed by atoms with van der Waals surface area (Å²) in [6.07, 6.45) is 4.94. The van der Waals surface area contributed by atoms with Crippen molar-refractivity contribution in [2.24, 2.45) is 5.92 Å². The Morgan fingerprint density at radius 2 is 1.53 bits per heavy atom. The van der Waals surface area contributed by atoms with Crippen molar-refractivity contribution in [3.8, 4) is 0 Å². The molecule has 0 radical (unpaired) electrons. The molecule has 2 aromatic rings. The van der Waals surface area contributed by atoms with Crippen LogP contribution in [0.1, 0.15) is 43.0 Å². The Labute approximate surface area is 177 Å². The van der Waals surface area contributed by atoms with Crippen molar-refractivity contribution in [1.29, 1.82) is 0 Å². The predicted octanol–water partition coefficient (Wildman–Crippen LogP) is 2.12. The first kappa shape index (κ1) is 19.8. The third-order valence-corrected chi connectivity index (χ3v) is 7.17. The van der Waals surface area contributed by atoms with Crippen molar-refractivity contribution in [3.63, 3.8) is 0 Å². The lowest BCUT2D eigenvalue weighted by molar-refractivity contribution is 0.118. The molecular formula is C24H32N4O2. The Morgan fingerprint density at radius 1 is 0.767 bits per heavy atom. The highest BCUT2D eigenvalue weighted by Gasteiger charge is 2.34. The number of likely N-dealkylation sites (tertiary alicyclic amines) is 1. The summed E-state index contributed by atoms with van der Waals surface area (Å²) in [7, 11) is 0. The van der Waals surface area contributed by atoms with E-state index in [2.05, 4.69) is 21.9 Å². The molecule has 0 spiro atoms. The van der Waals surface area contributed by atoms with Gasteiger partial charge in [-0.15, -0.1) is 0 Å². The molecule has 5 heterocycles. The van der Waals surface area contributed by atoms with Crippen LogP contribution < -0.4 is 11.1 Å². The minimum absolute atomic E-state index is 0.131. The molecule has 5 rings (SSSR count). The van der Waals surface area contributed by atoms with E-state index >= 15 is 0 Å². The maximum atomic E-state index is 12.2. The lowest BCUT2D eigenvalue weighted by atomic mass is 9.83. The van der Waals surface area contributed by atoms with E-state index in [0.717, 1.165) is 51.5 Å². The summed E-state index contributed by atoms with van der Waals surface area (Å²) in [6.45, 7) is 8.09. The SMILES string of the molecule is O=c1cccc2n1CCN(CCCCCN1C[C@@H]3C[C@H](C1)c1cccc(=O)n1C3)C2. The van der Waals surface area contributed by atoms with Gasteiger partial charge in [-0.25, -0.2) is 0 Å². The molecule has 0 unspecified atom stereocenters. The number of hydrogen-bond donors (Lipinski definition) is 0. The fraction of sp³-hybridized carbons (Fsp3) is 0.583. The Kier molecular flexibility index (Phi) is 5.61. The van der Waals surface area contributed by atoms with Crippen LogP contribution in [0.15, 0.2) is 46.0 Å². The molecule has 160 valence electrons. The molecule has 6 heteroatoms. The number of piperidine rings is 1. The van der Waals surface area contributed by atoms with Gasteiger partial charge in [0, 0.05) is 68.7 Å². The second-order valence-corrected chi connectivity index (χ2v) is 9.30. The molecule has 0 amide bonds. The van der Waals surface area contributed by atoms with E-state index in [9.17, 15) is 9.59 Å². The number of rotatable bonds is 6. The van der Waals surface area contributed by atoms with Gasteiger partial charge in [-0.2, -0.15) is 0 Å². The number of fused-ring (bicyclic) bond motifs is 5. The third kappa shape index (κ3) is 4.03. The molecule has 0 aromatic carbocycles. The number of nitrogens with zero attached hydrogens (tertiary/aromatic N) is 4. The smallest absolute Gasteiger partial charge is 0.250 e. The normalized spacial score (nSPS) is 23.7. The largest absolute Gasteiger partial charge is 0.312 e. The molecule has 2 bridgehead atoms. The highest BCUT2D eigenvalue weighted by atomic mass is 16.1. The molecule has 2 atom stereocenters. The summed E-state index contributed by atoms with van der Waals surface area (Å²) < 4.78 is 3.93. The van der Waals surface area contributed by atoms with Gasteiger partial charge in [-0.3, -0.25) is 14.5 Å². The summed E-state index contributed by atoms with van der Waals surface area (Å²) in [6, 6.07) is 11.4. The van der Waals surface area contributed by atoms with E-state index in [-0.39, 0.29) is 11.1 Å². The number of hydrogen-bond acceptors (Lipinski definition) is 4. The van der Waals surface area contributed by atoms with E-state index in [1.807, 2.05) is 21.3 Å². The highest BCUT2D eigenvalue weighted by molar-refractivity contribution is 5.17. The van der Waals surface area contributed by atoms with Crippen molar-refractivity contribution < 1.29 is 0 Å². The average molecular weight is 409 g/mol. The van der Waals surface area contributed by atoms with Crippen LogP contribution in [0.2, 0.25) is 0 Å². The Balaban J connectivity index is 1.06. The van der Waals surface area contributed by atoms with E-state index in [4.69, 9.17) is 0 Å². The average Bonchev–Trinajstić information content (AvgIpc) is 2.74. The fourth-order valence-corrected chi connectivity index (χ4v) is 5.72. The molecule has 1 fully saturated rings. The zero-order chi connectivity index (χ0) is 20.5. The summed E-state index contributed by atoms with van der Waals surface area (Å²) in [5.41, 5.74) is 2.69. The maximum Gasteiger partial charge on any atom is 0.250 e. The van der Waals surface area contributed by atoms with Crippen molar-refractivity contribution in [3.05, 3.63) is 68.5 Å². The first-order valence-electron chi connectivity index (χ1n) is 11.5. The predicted molar refractivity (Wildman–Crippen MR) is 118 cm³/mol. The topological polar surface area (TPSA) is 50.5 Å². The molecule has 0 aliphatic carbocycles. The Bertz CT molecular complexity index is 1010. The first-order valence-corrected chi connectivity index (χ1v) is 11.5. The van der Waals surface area contributed by atoms with Gasteiger partial charge in [0.15, 0.2) is 0 Å². The molecule has 6 nitrogen and oxygen atoms in total. The first-order chi connectivity index (χ1) is 14.7. The van der Waals surface area contributed by atoms with Crippen LogP contribution in [0.3, 0.4) is 0 Å². The highest BCUT2D eigenvalue weighted by Crippen LogP contribution is 2.34. The summed E-state index contributed by atoms with van der Waals surface area (Å²) >= 11 is 0. The Morgan fingerprint density at radius 3 is 2.40 bits per heavy atom. The van der Waals surface area contributed by atoms with Gasteiger partial charge in [0.2, 0.25) is 0 Å².